The predicted molar refractivity (Wildman–Crippen MR) is 89.3 cm³/mol. The van der Waals surface area contributed by atoms with Gasteiger partial charge in [-0.3, -0.25) is 5.10 Å². The molecule has 0 amide bonds. The minimum absolute atomic E-state index is 0.382. The van der Waals surface area contributed by atoms with Crippen LogP contribution in [-0.4, -0.2) is 27.9 Å². The van der Waals surface area contributed by atoms with Crippen molar-refractivity contribution in [3.8, 4) is 5.75 Å². The number of allylic oxidation sites excluding steroid dienone is 1. The van der Waals surface area contributed by atoms with Crippen LogP contribution in [0.5, 0.6) is 5.75 Å². The molecule has 6 heteroatoms. The van der Waals surface area contributed by atoms with Crippen LogP contribution >= 0.6 is 0 Å². The number of nitrogens with zero attached hydrogens (tertiary/aromatic N) is 1. The van der Waals surface area contributed by atoms with Crippen LogP contribution < -0.4 is 10.1 Å². The summed E-state index contributed by atoms with van der Waals surface area (Å²) in [5.74, 6) is 0.237. The van der Waals surface area contributed by atoms with Crippen molar-refractivity contribution in [3.05, 3.63) is 52.4 Å². The number of hydrogen-bond acceptors (Lipinski definition) is 4. The largest absolute Gasteiger partial charge is 0.493 e. The van der Waals surface area contributed by atoms with Crippen LogP contribution in [0, 0.1) is 0 Å². The summed E-state index contributed by atoms with van der Waals surface area (Å²) in [5.41, 5.74) is 3.99. The van der Waals surface area contributed by atoms with Gasteiger partial charge in [-0.05, 0) is 12.0 Å². The van der Waals surface area contributed by atoms with E-state index >= 15 is 0 Å². The van der Waals surface area contributed by atoms with Crippen molar-refractivity contribution in [2.75, 3.05) is 11.9 Å². The van der Waals surface area contributed by atoms with Crippen LogP contribution in [0.4, 0.5) is 5.82 Å². The third kappa shape index (κ3) is 2.18. The summed E-state index contributed by atoms with van der Waals surface area (Å²) in [7, 11) is 0. The van der Waals surface area contributed by atoms with E-state index in [-0.39, 0.29) is 5.92 Å². The molecule has 124 valence electrons. The average molecular weight is 325 g/mol. The van der Waals surface area contributed by atoms with Crippen LogP contribution in [0.25, 0.3) is 0 Å². The van der Waals surface area contributed by atoms with Gasteiger partial charge in [-0.2, -0.15) is 5.10 Å². The fraction of sp³-hybridized carbons (Fsp3) is 0.333. The molecule has 2 aliphatic heterocycles. The van der Waals surface area contributed by atoms with E-state index in [1.807, 2.05) is 25.1 Å². The lowest BCUT2D eigenvalue weighted by Crippen LogP contribution is -2.23. The Labute approximate surface area is 139 Å². The first-order chi connectivity index (χ1) is 11.7. The first-order valence-corrected chi connectivity index (χ1v) is 8.22. The molecule has 4 rings (SSSR count). The number of H-pyrrole nitrogens is 1. The van der Waals surface area contributed by atoms with E-state index in [0.717, 1.165) is 41.0 Å². The highest BCUT2D eigenvalue weighted by Gasteiger charge is 2.37. The average Bonchev–Trinajstić information content (AvgIpc) is 3.21. The summed E-state index contributed by atoms with van der Waals surface area (Å²) in [6.07, 6.45) is 4.16. The van der Waals surface area contributed by atoms with Crippen LogP contribution in [0.2, 0.25) is 0 Å². The molecule has 1 unspecified atom stereocenters. The molecule has 0 saturated heterocycles. The van der Waals surface area contributed by atoms with Gasteiger partial charge in [-0.25, -0.2) is 4.79 Å². The highest BCUT2D eigenvalue weighted by Crippen LogP contribution is 2.46. The van der Waals surface area contributed by atoms with E-state index in [1.54, 1.807) is 6.20 Å². The predicted octanol–water partition coefficient (Wildman–Crippen LogP) is 3.04. The van der Waals surface area contributed by atoms with Gasteiger partial charge in [0.2, 0.25) is 0 Å². The van der Waals surface area contributed by atoms with Gasteiger partial charge in [0.1, 0.15) is 5.75 Å². The molecule has 0 aliphatic carbocycles. The topological polar surface area (TPSA) is 87.2 Å². The van der Waals surface area contributed by atoms with E-state index in [9.17, 15) is 9.90 Å². The third-order valence-corrected chi connectivity index (χ3v) is 4.65. The number of aromatic amines is 1. The van der Waals surface area contributed by atoms with Crippen molar-refractivity contribution < 1.29 is 14.6 Å². The van der Waals surface area contributed by atoms with Gasteiger partial charge in [0, 0.05) is 29.4 Å². The molecule has 3 heterocycles. The summed E-state index contributed by atoms with van der Waals surface area (Å²) < 4.78 is 5.83. The Bertz CT molecular complexity index is 838. The number of rotatable bonds is 4. The molecule has 24 heavy (non-hydrogen) atoms. The van der Waals surface area contributed by atoms with Crippen LogP contribution in [0.3, 0.4) is 0 Å². The number of hydrogen-bond donors (Lipinski definition) is 3. The SMILES string of the molecule is CCCC1=C(C(=O)O)C(c2cccc3c2OCC3)c2c[nH]nc2N1. The fourth-order valence-corrected chi connectivity index (χ4v) is 3.65. The minimum Gasteiger partial charge on any atom is -0.493 e. The monoisotopic (exact) mass is 325 g/mol. The molecule has 0 saturated carbocycles. The molecular weight excluding hydrogens is 306 g/mol. The number of anilines is 1. The van der Waals surface area contributed by atoms with Gasteiger partial charge in [-0.1, -0.05) is 31.5 Å². The van der Waals surface area contributed by atoms with Crippen molar-refractivity contribution in [1.82, 2.24) is 10.2 Å². The Hall–Kier alpha value is -2.76. The summed E-state index contributed by atoms with van der Waals surface area (Å²) in [6.45, 7) is 2.68. The summed E-state index contributed by atoms with van der Waals surface area (Å²) in [6, 6.07) is 5.98. The number of carbonyl (C=O) groups is 1. The molecule has 1 aromatic carbocycles. The standard InChI is InChI=1S/C18H19N3O3/c1-2-4-13-15(18(22)23)14(12-9-19-21-17(12)20-13)11-6-3-5-10-7-8-24-16(10)11/h3,5-6,9,14H,2,4,7-8H2,1H3,(H,22,23)(H2,19,20,21). The maximum atomic E-state index is 12.1. The van der Waals surface area contributed by atoms with Crippen LogP contribution in [-0.2, 0) is 11.2 Å². The number of para-hydroxylation sites is 1. The lowest BCUT2D eigenvalue weighted by atomic mass is 9.81. The third-order valence-electron chi connectivity index (χ3n) is 4.65. The smallest absolute Gasteiger partial charge is 0.334 e. The molecule has 0 radical (unpaired) electrons. The molecule has 0 spiro atoms. The van der Waals surface area contributed by atoms with E-state index in [2.05, 4.69) is 15.5 Å². The van der Waals surface area contributed by atoms with Crippen molar-refractivity contribution >= 4 is 11.8 Å². The molecule has 0 fully saturated rings. The maximum absolute atomic E-state index is 12.1. The number of carboxylic acids is 1. The maximum Gasteiger partial charge on any atom is 0.334 e. The Morgan fingerprint density at radius 1 is 1.42 bits per heavy atom. The molecule has 1 aromatic heterocycles. The molecule has 1 atom stereocenters. The Morgan fingerprint density at radius 2 is 2.29 bits per heavy atom. The first kappa shape index (κ1) is 14.8. The van der Waals surface area contributed by atoms with Gasteiger partial charge in [0.25, 0.3) is 0 Å². The van der Waals surface area contributed by atoms with Crippen LogP contribution in [0.1, 0.15) is 42.4 Å². The fourth-order valence-electron chi connectivity index (χ4n) is 3.65. The number of aromatic nitrogens is 2. The zero-order chi connectivity index (χ0) is 16.7. The second-order valence-electron chi connectivity index (χ2n) is 6.13. The highest BCUT2D eigenvalue weighted by atomic mass is 16.5. The lowest BCUT2D eigenvalue weighted by Gasteiger charge is -2.28. The van der Waals surface area contributed by atoms with Gasteiger partial charge in [0.15, 0.2) is 5.82 Å². The van der Waals surface area contributed by atoms with Gasteiger partial charge < -0.3 is 15.2 Å². The van der Waals surface area contributed by atoms with E-state index in [1.165, 1.54) is 0 Å². The normalized spacial score (nSPS) is 18.6. The zero-order valence-electron chi connectivity index (χ0n) is 13.4. The van der Waals surface area contributed by atoms with Crippen molar-refractivity contribution in [2.24, 2.45) is 0 Å². The Balaban J connectivity index is 1.94. The van der Waals surface area contributed by atoms with E-state index in [4.69, 9.17) is 4.74 Å². The van der Waals surface area contributed by atoms with Crippen molar-refractivity contribution in [2.45, 2.75) is 32.1 Å². The number of aliphatic carboxylic acids is 1. The molecule has 2 aliphatic rings. The number of nitrogens with one attached hydrogen (secondary N) is 2. The van der Waals surface area contributed by atoms with Gasteiger partial charge in [0.05, 0.1) is 18.1 Å². The van der Waals surface area contributed by atoms with Crippen molar-refractivity contribution in [1.29, 1.82) is 0 Å². The number of carboxylic acid groups (broad SMARTS) is 1. The lowest BCUT2D eigenvalue weighted by molar-refractivity contribution is -0.133. The first-order valence-electron chi connectivity index (χ1n) is 8.22. The number of ether oxygens (including phenoxy) is 1. The Morgan fingerprint density at radius 3 is 3.08 bits per heavy atom. The highest BCUT2D eigenvalue weighted by molar-refractivity contribution is 5.93. The molecule has 3 N–H and O–H groups in total. The minimum atomic E-state index is -0.904. The summed E-state index contributed by atoms with van der Waals surface area (Å²) in [5, 5.41) is 20.2. The quantitative estimate of drug-likeness (QED) is 0.804. The van der Waals surface area contributed by atoms with Crippen molar-refractivity contribution in [3.63, 3.8) is 0 Å². The second kappa shape index (κ2) is 5.70. The van der Waals surface area contributed by atoms with Gasteiger partial charge >= 0.3 is 5.97 Å². The molecule has 0 bridgehead atoms. The van der Waals surface area contributed by atoms with E-state index < -0.39 is 5.97 Å². The van der Waals surface area contributed by atoms with Gasteiger partial charge in [-0.15, -0.1) is 0 Å². The molecular formula is C18H19N3O3. The molecule has 2 aromatic rings. The Kier molecular flexibility index (Phi) is 3.52. The second-order valence-corrected chi connectivity index (χ2v) is 6.13. The number of fused-ring (bicyclic) bond motifs is 2. The van der Waals surface area contributed by atoms with Crippen LogP contribution in [0.15, 0.2) is 35.7 Å². The zero-order valence-corrected chi connectivity index (χ0v) is 13.4. The number of benzene rings is 1. The molecule has 6 nitrogen and oxygen atoms in total. The van der Waals surface area contributed by atoms with E-state index in [0.29, 0.717) is 24.4 Å². The summed E-state index contributed by atoms with van der Waals surface area (Å²) >= 11 is 0. The summed E-state index contributed by atoms with van der Waals surface area (Å²) in [4.78, 5) is 12.1.